The maximum atomic E-state index is 12.0. The second-order valence-electron chi connectivity index (χ2n) is 4.16. The molecule has 1 aliphatic heterocycles. The molecule has 0 spiro atoms. The highest BCUT2D eigenvalue weighted by atomic mass is 16.7. The number of aromatic amines is 1. The van der Waals surface area contributed by atoms with E-state index in [4.69, 9.17) is 9.47 Å². The third-order valence-electron chi connectivity index (χ3n) is 3.01. The predicted molar refractivity (Wildman–Crippen MR) is 67.3 cm³/mol. The number of carbonyl (C=O) groups excluding carboxylic acids is 1. The number of ether oxygens (including phenoxy) is 2. The van der Waals surface area contributed by atoms with Crippen molar-refractivity contribution in [3.63, 3.8) is 0 Å². The Kier molecular flexibility index (Phi) is 2.68. The van der Waals surface area contributed by atoms with E-state index in [2.05, 4.69) is 10.3 Å². The minimum atomic E-state index is 0.0713. The fourth-order valence-corrected chi connectivity index (χ4v) is 2.08. The van der Waals surface area contributed by atoms with Crippen LogP contribution in [0.5, 0.6) is 11.5 Å². The average Bonchev–Trinajstić information content (AvgIpc) is 2.98. The van der Waals surface area contributed by atoms with Crippen LogP contribution >= 0.6 is 0 Å². The number of H-pyrrole nitrogens is 1. The van der Waals surface area contributed by atoms with Gasteiger partial charge in [-0.25, -0.2) is 0 Å². The molecule has 18 heavy (non-hydrogen) atoms. The molecule has 2 N–H and O–H groups in total. The standard InChI is InChI=1S/C13H14N2O3/c1-2-14-6-11(16)9-5-15-10-4-13-12(3-8(9)10)17-7-18-13/h3-5,14-15H,2,6-7H2,1H3. The summed E-state index contributed by atoms with van der Waals surface area (Å²) in [7, 11) is 0. The maximum absolute atomic E-state index is 12.0. The second kappa shape index (κ2) is 4.34. The Morgan fingerprint density at radius 2 is 2.17 bits per heavy atom. The molecule has 1 aliphatic rings. The van der Waals surface area contributed by atoms with Crippen LogP contribution in [0.3, 0.4) is 0 Å². The zero-order chi connectivity index (χ0) is 12.5. The topological polar surface area (TPSA) is 63.4 Å². The molecular formula is C13H14N2O3. The Morgan fingerprint density at radius 3 is 2.94 bits per heavy atom. The highest BCUT2D eigenvalue weighted by Crippen LogP contribution is 2.36. The van der Waals surface area contributed by atoms with E-state index in [1.165, 1.54) is 0 Å². The highest BCUT2D eigenvalue weighted by Gasteiger charge is 2.18. The number of benzene rings is 1. The Balaban J connectivity index is 2.01. The number of nitrogens with one attached hydrogen (secondary N) is 2. The molecule has 0 amide bonds. The van der Waals surface area contributed by atoms with Crippen molar-refractivity contribution in [1.29, 1.82) is 0 Å². The molecule has 0 radical (unpaired) electrons. The van der Waals surface area contributed by atoms with E-state index in [-0.39, 0.29) is 12.6 Å². The van der Waals surface area contributed by atoms with Gasteiger partial charge in [0.15, 0.2) is 17.3 Å². The molecule has 0 bridgehead atoms. The van der Waals surface area contributed by atoms with Crippen molar-refractivity contribution in [1.82, 2.24) is 10.3 Å². The zero-order valence-electron chi connectivity index (χ0n) is 10.1. The first-order valence-corrected chi connectivity index (χ1v) is 5.94. The summed E-state index contributed by atoms with van der Waals surface area (Å²) in [6.45, 7) is 3.33. The summed E-state index contributed by atoms with van der Waals surface area (Å²) < 4.78 is 10.6. The zero-order valence-corrected chi connectivity index (χ0v) is 10.1. The van der Waals surface area contributed by atoms with Crippen molar-refractivity contribution in [3.8, 4) is 11.5 Å². The summed E-state index contributed by atoms with van der Waals surface area (Å²) in [5.41, 5.74) is 1.57. The molecule has 0 saturated carbocycles. The van der Waals surface area contributed by atoms with E-state index < -0.39 is 0 Å². The molecule has 2 aromatic rings. The number of Topliss-reactive ketones (excluding diaryl/α,β-unsaturated/α-hetero) is 1. The van der Waals surface area contributed by atoms with Crippen LogP contribution in [0.2, 0.25) is 0 Å². The number of aromatic nitrogens is 1. The van der Waals surface area contributed by atoms with Crippen LogP contribution in [0.15, 0.2) is 18.3 Å². The average molecular weight is 246 g/mol. The van der Waals surface area contributed by atoms with Gasteiger partial charge in [-0.05, 0) is 12.6 Å². The molecule has 2 heterocycles. The van der Waals surface area contributed by atoms with Crippen LogP contribution in [0, 0.1) is 0 Å². The third kappa shape index (κ3) is 1.73. The van der Waals surface area contributed by atoms with Crippen LogP contribution < -0.4 is 14.8 Å². The van der Waals surface area contributed by atoms with Crippen molar-refractivity contribution in [2.45, 2.75) is 6.92 Å². The molecule has 3 rings (SSSR count). The van der Waals surface area contributed by atoms with E-state index in [1.54, 1.807) is 6.20 Å². The molecule has 94 valence electrons. The summed E-state index contributed by atoms with van der Waals surface area (Å²) in [5, 5.41) is 3.91. The van der Waals surface area contributed by atoms with Gasteiger partial charge < -0.3 is 19.8 Å². The summed E-state index contributed by atoms with van der Waals surface area (Å²) >= 11 is 0. The SMILES string of the molecule is CCNCC(=O)c1c[nH]c2cc3c(cc12)OCO3. The van der Waals surface area contributed by atoms with Gasteiger partial charge in [0.25, 0.3) is 0 Å². The number of likely N-dealkylation sites (N-methyl/N-ethyl adjacent to an activating group) is 1. The molecule has 0 aliphatic carbocycles. The Morgan fingerprint density at radius 1 is 1.39 bits per heavy atom. The molecule has 0 atom stereocenters. The summed E-state index contributed by atoms with van der Waals surface area (Å²) in [6.07, 6.45) is 1.74. The largest absolute Gasteiger partial charge is 0.454 e. The highest BCUT2D eigenvalue weighted by molar-refractivity contribution is 6.09. The van der Waals surface area contributed by atoms with Crippen molar-refractivity contribution < 1.29 is 14.3 Å². The fourth-order valence-electron chi connectivity index (χ4n) is 2.08. The van der Waals surface area contributed by atoms with Gasteiger partial charge in [-0.2, -0.15) is 0 Å². The van der Waals surface area contributed by atoms with Gasteiger partial charge in [-0.1, -0.05) is 6.92 Å². The van der Waals surface area contributed by atoms with E-state index >= 15 is 0 Å². The van der Waals surface area contributed by atoms with Crippen molar-refractivity contribution in [3.05, 3.63) is 23.9 Å². The Bertz CT molecular complexity index is 604. The molecule has 1 aromatic carbocycles. The molecule has 5 heteroatoms. The van der Waals surface area contributed by atoms with Gasteiger partial charge in [0, 0.05) is 23.2 Å². The first-order valence-electron chi connectivity index (χ1n) is 5.94. The van der Waals surface area contributed by atoms with Gasteiger partial charge in [0.05, 0.1) is 12.1 Å². The number of carbonyl (C=O) groups is 1. The molecule has 1 aromatic heterocycles. The molecule has 0 saturated heterocycles. The first kappa shape index (κ1) is 11.1. The second-order valence-corrected chi connectivity index (χ2v) is 4.16. The monoisotopic (exact) mass is 246 g/mol. The smallest absolute Gasteiger partial charge is 0.231 e. The van der Waals surface area contributed by atoms with Crippen molar-refractivity contribution in [2.24, 2.45) is 0 Å². The first-order chi connectivity index (χ1) is 8.79. The number of hydrogen-bond acceptors (Lipinski definition) is 4. The third-order valence-corrected chi connectivity index (χ3v) is 3.01. The van der Waals surface area contributed by atoms with Gasteiger partial charge in [-0.15, -0.1) is 0 Å². The summed E-state index contributed by atoms with van der Waals surface area (Å²) in [6, 6.07) is 3.72. The number of hydrogen-bond donors (Lipinski definition) is 2. The van der Waals surface area contributed by atoms with Crippen LogP contribution in [-0.2, 0) is 0 Å². The van der Waals surface area contributed by atoms with Crippen LogP contribution in [0.25, 0.3) is 10.9 Å². The van der Waals surface area contributed by atoms with E-state index in [9.17, 15) is 4.79 Å². The van der Waals surface area contributed by atoms with E-state index in [0.29, 0.717) is 17.9 Å². The van der Waals surface area contributed by atoms with E-state index in [1.807, 2.05) is 19.1 Å². The fraction of sp³-hybridized carbons (Fsp3) is 0.308. The van der Waals surface area contributed by atoms with Crippen LogP contribution in [0.1, 0.15) is 17.3 Å². The summed E-state index contributed by atoms with van der Waals surface area (Å²) in [4.78, 5) is 15.1. The van der Waals surface area contributed by atoms with Crippen LogP contribution in [-0.4, -0.2) is 30.6 Å². The van der Waals surface area contributed by atoms with Gasteiger partial charge >= 0.3 is 0 Å². The Labute approximate surface area is 104 Å². The normalized spacial score (nSPS) is 13.2. The number of rotatable bonds is 4. The lowest BCUT2D eigenvalue weighted by molar-refractivity contribution is 0.0993. The van der Waals surface area contributed by atoms with E-state index in [0.717, 1.165) is 23.2 Å². The van der Waals surface area contributed by atoms with Gasteiger partial charge in [0.2, 0.25) is 6.79 Å². The molecule has 0 fully saturated rings. The lowest BCUT2D eigenvalue weighted by atomic mass is 10.1. The van der Waals surface area contributed by atoms with Gasteiger partial charge in [-0.3, -0.25) is 4.79 Å². The number of ketones is 1. The molecule has 0 unspecified atom stereocenters. The van der Waals surface area contributed by atoms with Crippen molar-refractivity contribution in [2.75, 3.05) is 19.9 Å². The maximum Gasteiger partial charge on any atom is 0.231 e. The predicted octanol–water partition coefficient (Wildman–Crippen LogP) is 1.69. The Hall–Kier alpha value is -2.01. The molecular weight excluding hydrogens is 232 g/mol. The lowest BCUT2D eigenvalue weighted by Crippen LogP contribution is -2.22. The van der Waals surface area contributed by atoms with Gasteiger partial charge in [0.1, 0.15) is 0 Å². The quantitative estimate of drug-likeness (QED) is 0.806. The molecule has 5 nitrogen and oxygen atoms in total. The lowest BCUT2D eigenvalue weighted by Gasteiger charge is -2.01. The summed E-state index contributed by atoms with van der Waals surface area (Å²) in [5.74, 6) is 1.48. The minimum Gasteiger partial charge on any atom is -0.454 e. The van der Waals surface area contributed by atoms with Crippen molar-refractivity contribution >= 4 is 16.7 Å². The van der Waals surface area contributed by atoms with Crippen LogP contribution in [0.4, 0.5) is 0 Å². The number of fused-ring (bicyclic) bond motifs is 2. The minimum absolute atomic E-state index is 0.0713.